The number of anilines is 1. The molecule has 1 aromatic carbocycles. The molecule has 0 unspecified atom stereocenters. The predicted molar refractivity (Wildman–Crippen MR) is 110 cm³/mol. The highest BCUT2D eigenvalue weighted by Gasteiger charge is 2.35. The Labute approximate surface area is 168 Å². The van der Waals surface area contributed by atoms with Gasteiger partial charge in [-0.2, -0.15) is 5.10 Å². The third kappa shape index (κ3) is 4.21. The number of amides is 1. The molecule has 1 aliphatic heterocycles. The summed E-state index contributed by atoms with van der Waals surface area (Å²) in [4.78, 5) is 17.4. The standard InChI is InChI=1S/C19H21N5OS.ClH/c1-12-3-5-13(6-4-12)17-11-26-19(22-17)23-18(25)16-9-20-8-15(16)14-7-21-24(2)10-14;/h3-7,10-11,15-16,20H,8-9H2,1-2H3,(H,22,23,25);1H/t15-,16+;/m1./s1. The van der Waals surface area contributed by atoms with Gasteiger partial charge in [0.2, 0.25) is 5.91 Å². The van der Waals surface area contributed by atoms with E-state index >= 15 is 0 Å². The van der Waals surface area contributed by atoms with E-state index in [0.29, 0.717) is 11.7 Å². The maximum absolute atomic E-state index is 12.8. The third-order valence-corrected chi connectivity index (χ3v) is 5.54. The van der Waals surface area contributed by atoms with Crippen LogP contribution in [0.4, 0.5) is 5.13 Å². The summed E-state index contributed by atoms with van der Waals surface area (Å²) in [5.41, 5.74) is 4.26. The minimum atomic E-state index is -0.120. The molecule has 2 N–H and O–H groups in total. The van der Waals surface area contributed by atoms with E-state index in [4.69, 9.17) is 0 Å². The third-order valence-electron chi connectivity index (χ3n) is 4.79. The molecule has 1 fully saturated rings. The van der Waals surface area contributed by atoms with Crippen molar-refractivity contribution in [2.24, 2.45) is 13.0 Å². The molecule has 8 heteroatoms. The van der Waals surface area contributed by atoms with Crippen LogP contribution in [0.2, 0.25) is 0 Å². The molecule has 3 aromatic rings. The summed E-state index contributed by atoms with van der Waals surface area (Å²) in [6.07, 6.45) is 3.83. The van der Waals surface area contributed by atoms with E-state index in [0.717, 1.165) is 23.4 Å². The van der Waals surface area contributed by atoms with E-state index in [9.17, 15) is 4.79 Å². The van der Waals surface area contributed by atoms with Crippen molar-refractivity contribution >= 4 is 34.8 Å². The number of aryl methyl sites for hydroxylation is 2. The largest absolute Gasteiger partial charge is 0.315 e. The number of carbonyl (C=O) groups excluding carboxylic acids is 1. The van der Waals surface area contributed by atoms with Gasteiger partial charge in [-0.1, -0.05) is 29.8 Å². The molecule has 27 heavy (non-hydrogen) atoms. The van der Waals surface area contributed by atoms with E-state index < -0.39 is 0 Å². The SMILES string of the molecule is Cc1ccc(-c2csc(NC(=O)[C@H]3CNC[C@@H]3c3cnn(C)c3)n2)cc1.Cl. The number of carbonyl (C=O) groups is 1. The van der Waals surface area contributed by atoms with Crippen molar-refractivity contribution in [3.05, 3.63) is 53.2 Å². The lowest BCUT2D eigenvalue weighted by molar-refractivity contribution is -0.119. The van der Waals surface area contributed by atoms with Gasteiger partial charge in [-0.05, 0) is 12.5 Å². The Morgan fingerprint density at radius 3 is 2.78 bits per heavy atom. The lowest BCUT2D eigenvalue weighted by Gasteiger charge is -2.15. The summed E-state index contributed by atoms with van der Waals surface area (Å²) in [5.74, 6) is 0.0276. The number of aromatic nitrogens is 3. The fourth-order valence-electron chi connectivity index (χ4n) is 3.32. The number of hydrogen-bond donors (Lipinski definition) is 2. The van der Waals surface area contributed by atoms with Crippen LogP contribution in [-0.4, -0.2) is 33.8 Å². The molecule has 3 heterocycles. The first kappa shape index (κ1) is 19.5. The summed E-state index contributed by atoms with van der Waals surface area (Å²) in [6.45, 7) is 3.52. The second-order valence-corrected chi connectivity index (χ2v) is 7.57. The van der Waals surface area contributed by atoms with Crippen LogP contribution < -0.4 is 10.6 Å². The molecule has 2 aromatic heterocycles. The van der Waals surface area contributed by atoms with E-state index in [1.165, 1.54) is 16.9 Å². The molecular weight excluding hydrogens is 382 g/mol. The van der Waals surface area contributed by atoms with Gasteiger partial charge in [0.15, 0.2) is 5.13 Å². The van der Waals surface area contributed by atoms with Crippen LogP contribution in [0.1, 0.15) is 17.0 Å². The zero-order valence-electron chi connectivity index (χ0n) is 15.2. The summed E-state index contributed by atoms with van der Waals surface area (Å²) in [7, 11) is 1.89. The fourth-order valence-corrected chi connectivity index (χ4v) is 4.04. The van der Waals surface area contributed by atoms with Gasteiger partial charge in [0.25, 0.3) is 0 Å². The van der Waals surface area contributed by atoms with E-state index in [2.05, 4.69) is 51.9 Å². The number of rotatable bonds is 4. The van der Waals surface area contributed by atoms with Crippen molar-refractivity contribution in [2.45, 2.75) is 12.8 Å². The van der Waals surface area contributed by atoms with Crippen LogP contribution in [0, 0.1) is 12.8 Å². The van der Waals surface area contributed by atoms with E-state index in [1.54, 1.807) is 4.68 Å². The number of halogens is 1. The minimum absolute atomic E-state index is 0. The quantitative estimate of drug-likeness (QED) is 0.701. The number of nitrogens with one attached hydrogen (secondary N) is 2. The molecule has 0 aliphatic carbocycles. The molecule has 4 rings (SSSR count). The molecule has 2 atom stereocenters. The molecule has 1 saturated heterocycles. The Morgan fingerprint density at radius 2 is 2.07 bits per heavy atom. The Hall–Kier alpha value is -2.22. The molecule has 6 nitrogen and oxygen atoms in total. The summed E-state index contributed by atoms with van der Waals surface area (Å²) in [5, 5.41) is 13.2. The fraction of sp³-hybridized carbons (Fsp3) is 0.316. The normalized spacial score (nSPS) is 18.9. The summed E-state index contributed by atoms with van der Waals surface area (Å²) in [6, 6.07) is 8.23. The van der Waals surface area contributed by atoms with Crippen LogP contribution in [0.3, 0.4) is 0 Å². The Morgan fingerprint density at radius 1 is 1.30 bits per heavy atom. The molecule has 1 amide bonds. The van der Waals surface area contributed by atoms with Crippen molar-refractivity contribution < 1.29 is 4.79 Å². The predicted octanol–water partition coefficient (Wildman–Crippen LogP) is 3.22. The van der Waals surface area contributed by atoms with E-state index in [-0.39, 0.29) is 30.2 Å². The molecule has 0 spiro atoms. The zero-order chi connectivity index (χ0) is 18.1. The molecular formula is C19H22ClN5OS. The lowest BCUT2D eigenvalue weighted by Crippen LogP contribution is -2.28. The zero-order valence-corrected chi connectivity index (χ0v) is 16.8. The number of hydrogen-bond acceptors (Lipinski definition) is 5. The maximum Gasteiger partial charge on any atom is 0.231 e. The van der Waals surface area contributed by atoms with Crippen LogP contribution in [0.15, 0.2) is 42.0 Å². The van der Waals surface area contributed by atoms with Crippen molar-refractivity contribution in [1.82, 2.24) is 20.1 Å². The first-order valence-electron chi connectivity index (χ1n) is 8.63. The molecule has 0 radical (unpaired) electrons. The van der Waals surface area contributed by atoms with Crippen molar-refractivity contribution in [2.75, 3.05) is 18.4 Å². The van der Waals surface area contributed by atoms with Gasteiger partial charge < -0.3 is 10.6 Å². The molecule has 1 aliphatic rings. The van der Waals surface area contributed by atoms with Crippen molar-refractivity contribution in [1.29, 1.82) is 0 Å². The number of benzene rings is 1. The topological polar surface area (TPSA) is 71.8 Å². The Bertz CT molecular complexity index is 920. The summed E-state index contributed by atoms with van der Waals surface area (Å²) >= 11 is 1.46. The van der Waals surface area contributed by atoms with Crippen LogP contribution in [0.5, 0.6) is 0 Å². The second kappa shape index (κ2) is 8.21. The average Bonchev–Trinajstić information content (AvgIpc) is 3.35. The van der Waals surface area contributed by atoms with Crippen molar-refractivity contribution in [3.8, 4) is 11.3 Å². The van der Waals surface area contributed by atoms with Gasteiger partial charge in [0.05, 0.1) is 17.8 Å². The number of thiazole rings is 1. The van der Waals surface area contributed by atoms with Crippen LogP contribution >= 0.6 is 23.7 Å². The Kier molecular flexibility index (Phi) is 5.94. The smallest absolute Gasteiger partial charge is 0.231 e. The van der Waals surface area contributed by atoms with Gasteiger partial charge in [0, 0.05) is 43.2 Å². The molecule has 0 bridgehead atoms. The van der Waals surface area contributed by atoms with Crippen molar-refractivity contribution in [3.63, 3.8) is 0 Å². The average molecular weight is 404 g/mol. The van der Waals surface area contributed by atoms with E-state index in [1.807, 2.05) is 24.8 Å². The molecule has 0 saturated carbocycles. The van der Waals surface area contributed by atoms with Gasteiger partial charge in [-0.3, -0.25) is 9.48 Å². The number of nitrogens with zero attached hydrogens (tertiary/aromatic N) is 3. The van der Waals surface area contributed by atoms with Crippen LogP contribution in [-0.2, 0) is 11.8 Å². The lowest BCUT2D eigenvalue weighted by atomic mass is 9.90. The first-order valence-corrected chi connectivity index (χ1v) is 9.51. The maximum atomic E-state index is 12.8. The Balaban J connectivity index is 0.00000210. The summed E-state index contributed by atoms with van der Waals surface area (Å²) < 4.78 is 1.78. The highest BCUT2D eigenvalue weighted by Crippen LogP contribution is 2.30. The van der Waals surface area contributed by atoms with Gasteiger partial charge >= 0.3 is 0 Å². The van der Waals surface area contributed by atoms with Gasteiger partial charge in [-0.25, -0.2) is 4.98 Å². The second-order valence-electron chi connectivity index (χ2n) is 6.71. The minimum Gasteiger partial charge on any atom is -0.315 e. The first-order chi connectivity index (χ1) is 12.6. The monoisotopic (exact) mass is 403 g/mol. The van der Waals surface area contributed by atoms with Gasteiger partial charge in [-0.15, -0.1) is 23.7 Å². The molecule has 142 valence electrons. The van der Waals surface area contributed by atoms with Crippen LogP contribution in [0.25, 0.3) is 11.3 Å². The van der Waals surface area contributed by atoms with Gasteiger partial charge in [0.1, 0.15) is 0 Å². The highest BCUT2D eigenvalue weighted by atomic mass is 35.5. The highest BCUT2D eigenvalue weighted by molar-refractivity contribution is 7.14.